The molecule has 0 radical (unpaired) electrons. The largest absolute Gasteiger partial charge is 0.461 e. The Kier molecular flexibility index (Phi) is 5.65. The molecule has 0 bridgehead atoms. The summed E-state index contributed by atoms with van der Waals surface area (Å²) in [4.78, 5) is 36.5. The number of aromatic nitrogens is 2. The number of aryl methyl sites for hydroxylation is 1. The maximum absolute atomic E-state index is 12.6. The minimum Gasteiger partial charge on any atom is -0.461 e. The summed E-state index contributed by atoms with van der Waals surface area (Å²) in [6, 6.07) is 13.8. The lowest BCUT2D eigenvalue weighted by atomic mass is 10.2. The van der Waals surface area contributed by atoms with E-state index >= 15 is 0 Å². The van der Waals surface area contributed by atoms with Gasteiger partial charge in [-0.3, -0.25) is 14.6 Å². The number of nitrogens with zero attached hydrogens (tertiary/aromatic N) is 4. The van der Waals surface area contributed by atoms with Gasteiger partial charge in [0.25, 0.3) is 5.91 Å². The van der Waals surface area contributed by atoms with Gasteiger partial charge in [-0.15, -0.1) is 0 Å². The third kappa shape index (κ3) is 4.51. The van der Waals surface area contributed by atoms with E-state index in [0.29, 0.717) is 44.7 Å². The highest BCUT2D eigenvalue weighted by atomic mass is 16.3. The first kappa shape index (κ1) is 18.9. The van der Waals surface area contributed by atoms with Gasteiger partial charge in [-0.1, -0.05) is 30.3 Å². The van der Waals surface area contributed by atoms with E-state index in [1.165, 1.54) is 18.6 Å². The molecule has 1 aliphatic rings. The Morgan fingerprint density at radius 1 is 0.931 bits per heavy atom. The van der Waals surface area contributed by atoms with Crippen LogP contribution < -0.4 is 0 Å². The van der Waals surface area contributed by atoms with E-state index in [0.717, 1.165) is 17.1 Å². The highest BCUT2D eigenvalue weighted by Gasteiger charge is 2.25. The van der Waals surface area contributed by atoms with Gasteiger partial charge in [0.15, 0.2) is 0 Å². The maximum Gasteiger partial charge on any atom is 0.274 e. The summed E-state index contributed by atoms with van der Waals surface area (Å²) in [6.45, 7) is 2.05. The molecule has 3 heterocycles. The van der Waals surface area contributed by atoms with Gasteiger partial charge in [-0.25, -0.2) is 4.98 Å². The highest BCUT2D eigenvalue weighted by molar-refractivity contribution is 5.92. The van der Waals surface area contributed by atoms with E-state index < -0.39 is 0 Å². The van der Waals surface area contributed by atoms with E-state index in [1.54, 1.807) is 4.90 Å². The smallest absolute Gasteiger partial charge is 0.274 e. The van der Waals surface area contributed by atoms with Crippen molar-refractivity contribution < 1.29 is 14.0 Å². The topological polar surface area (TPSA) is 79.5 Å². The predicted molar refractivity (Wildman–Crippen MR) is 107 cm³/mol. The summed E-state index contributed by atoms with van der Waals surface area (Å²) in [7, 11) is 0. The van der Waals surface area contributed by atoms with Gasteiger partial charge in [0.2, 0.25) is 5.91 Å². The fourth-order valence-corrected chi connectivity index (χ4v) is 3.39. The van der Waals surface area contributed by atoms with Gasteiger partial charge in [0.1, 0.15) is 17.2 Å². The predicted octanol–water partition coefficient (Wildman–Crippen LogP) is 2.65. The van der Waals surface area contributed by atoms with Crippen molar-refractivity contribution in [3.05, 3.63) is 72.5 Å². The Morgan fingerprint density at radius 2 is 1.69 bits per heavy atom. The summed E-state index contributed by atoms with van der Waals surface area (Å²) in [5.74, 6) is 1.54. The van der Waals surface area contributed by atoms with Crippen molar-refractivity contribution >= 4 is 11.8 Å². The molecule has 1 saturated heterocycles. The van der Waals surface area contributed by atoms with Crippen LogP contribution in [0.2, 0.25) is 0 Å². The van der Waals surface area contributed by atoms with E-state index in [9.17, 15) is 9.59 Å². The summed E-state index contributed by atoms with van der Waals surface area (Å²) in [6.07, 6.45) is 5.46. The molecule has 0 N–H and O–H groups in total. The van der Waals surface area contributed by atoms with E-state index in [2.05, 4.69) is 9.97 Å². The van der Waals surface area contributed by atoms with Gasteiger partial charge in [-0.2, -0.15) is 0 Å². The van der Waals surface area contributed by atoms with Gasteiger partial charge in [-0.05, 0) is 12.1 Å². The fourth-order valence-electron chi connectivity index (χ4n) is 3.39. The second-order valence-electron chi connectivity index (χ2n) is 6.90. The molecule has 0 saturated carbocycles. The lowest BCUT2D eigenvalue weighted by Gasteiger charge is -2.34. The van der Waals surface area contributed by atoms with Crippen LogP contribution in [0.25, 0.3) is 11.3 Å². The molecular formula is C22H22N4O3. The first-order valence-corrected chi connectivity index (χ1v) is 9.68. The van der Waals surface area contributed by atoms with Crippen LogP contribution in [0, 0.1) is 0 Å². The first-order chi connectivity index (χ1) is 14.2. The van der Waals surface area contributed by atoms with Crippen molar-refractivity contribution in [2.24, 2.45) is 0 Å². The number of rotatable bonds is 5. The summed E-state index contributed by atoms with van der Waals surface area (Å²) >= 11 is 0. The van der Waals surface area contributed by atoms with Crippen LogP contribution in [0.5, 0.6) is 0 Å². The lowest BCUT2D eigenvalue weighted by Crippen LogP contribution is -2.50. The van der Waals surface area contributed by atoms with Gasteiger partial charge >= 0.3 is 0 Å². The molecule has 0 atom stereocenters. The summed E-state index contributed by atoms with van der Waals surface area (Å²) in [5, 5.41) is 0. The normalized spacial score (nSPS) is 14.1. The highest BCUT2D eigenvalue weighted by Crippen LogP contribution is 2.22. The first-order valence-electron chi connectivity index (χ1n) is 9.68. The second-order valence-corrected chi connectivity index (χ2v) is 6.90. The van der Waals surface area contributed by atoms with Crippen molar-refractivity contribution in [3.63, 3.8) is 0 Å². The van der Waals surface area contributed by atoms with Crippen LogP contribution >= 0.6 is 0 Å². The molecule has 4 rings (SSSR count). The van der Waals surface area contributed by atoms with Gasteiger partial charge in [0.05, 0.1) is 6.20 Å². The summed E-state index contributed by atoms with van der Waals surface area (Å²) < 4.78 is 5.87. The van der Waals surface area contributed by atoms with Crippen molar-refractivity contribution in [1.29, 1.82) is 0 Å². The average Bonchev–Trinajstić information content (AvgIpc) is 3.27. The van der Waals surface area contributed by atoms with Crippen LogP contribution in [0.3, 0.4) is 0 Å². The Morgan fingerprint density at radius 3 is 2.41 bits per heavy atom. The molecule has 0 unspecified atom stereocenters. The minimum atomic E-state index is -0.144. The number of amides is 2. The van der Waals surface area contributed by atoms with E-state index in [4.69, 9.17) is 4.42 Å². The van der Waals surface area contributed by atoms with Crippen molar-refractivity contribution in [1.82, 2.24) is 19.8 Å². The molecular weight excluding hydrogens is 368 g/mol. The standard InChI is InChI=1S/C22H22N4O3/c27-21(9-7-18-6-8-20(29-18)17-4-2-1-3-5-17)25-12-14-26(15-13-25)22(28)19-16-23-10-11-24-19/h1-6,8,10-11,16H,7,9,12-15H2. The second kappa shape index (κ2) is 8.68. The zero-order valence-corrected chi connectivity index (χ0v) is 16.0. The van der Waals surface area contributed by atoms with Gasteiger partial charge in [0, 0.05) is 57.0 Å². The molecule has 0 aliphatic carbocycles. The molecule has 29 heavy (non-hydrogen) atoms. The third-order valence-electron chi connectivity index (χ3n) is 5.01. The number of furan rings is 1. The Hall–Kier alpha value is -3.48. The fraction of sp³-hybridized carbons (Fsp3) is 0.273. The van der Waals surface area contributed by atoms with Crippen LogP contribution in [0.1, 0.15) is 22.7 Å². The number of carbonyl (C=O) groups excluding carboxylic acids is 2. The van der Waals surface area contributed by atoms with Crippen LogP contribution in [0.15, 0.2) is 65.5 Å². The third-order valence-corrected chi connectivity index (χ3v) is 5.01. The molecule has 7 nitrogen and oxygen atoms in total. The number of piperazine rings is 1. The van der Waals surface area contributed by atoms with Gasteiger partial charge < -0.3 is 14.2 Å². The van der Waals surface area contributed by atoms with E-state index in [-0.39, 0.29) is 11.8 Å². The Bertz CT molecular complexity index is 964. The molecule has 1 fully saturated rings. The minimum absolute atomic E-state index is 0.0780. The SMILES string of the molecule is O=C(CCc1ccc(-c2ccccc2)o1)N1CCN(C(=O)c2cnccn2)CC1. The number of benzene rings is 1. The molecule has 148 valence electrons. The van der Waals surface area contributed by atoms with Crippen molar-refractivity contribution in [2.75, 3.05) is 26.2 Å². The Labute approximate surface area is 169 Å². The van der Waals surface area contributed by atoms with Crippen LogP contribution in [-0.4, -0.2) is 57.8 Å². The Balaban J connectivity index is 1.26. The number of carbonyl (C=O) groups is 2. The lowest BCUT2D eigenvalue weighted by molar-refractivity contribution is -0.132. The molecule has 0 spiro atoms. The molecule has 2 amide bonds. The summed E-state index contributed by atoms with van der Waals surface area (Å²) in [5.41, 5.74) is 1.35. The van der Waals surface area contributed by atoms with Crippen LogP contribution in [0.4, 0.5) is 0 Å². The quantitative estimate of drug-likeness (QED) is 0.669. The molecule has 1 aromatic carbocycles. The zero-order chi connectivity index (χ0) is 20.1. The molecule has 2 aromatic heterocycles. The van der Waals surface area contributed by atoms with E-state index in [1.807, 2.05) is 47.4 Å². The average molecular weight is 390 g/mol. The zero-order valence-electron chi connectivity index (χ0n) is 16.0. The maximum atomic E-state index is 12.6. The number of hydrogen-bond donors (Lipinski definition) is 0. The molecule has 7 heteroatoms. The van der Waals surface area contributed by atoms with Crippen molar-refractivity contribution in [2.45, 2.75) is 12.8 Å². The van der Waals surface area contributed by atoms with Crippen LogP contribution in [-0.2, 0) is 11.2 Å². The van der Waals surface area contributed by atoms with Crippen molar-refractivity contribution in [3.8, 4) is 11.3 Å². The monoisotopic (exact) mass is 390 g/mol. The molecule has 3 aromatic rings. The number of hydrogen-bond acceptors (Lipinski definition) is 5. The molecule has 1 aliphatic heterocycles.